The van der Waals surface area contributed by atoms with Gasteiger partial charge in [0.15, 0.2) is 0 Å². The van der Waals surface area contributed by atoms with Gasteiger partial charge in [-0.1, -0.05) is 0 Å². The van der Waals surface area contributed by atoms with Crippen LogP contribution in [0.3, 0.4) is 0 Å². The number of anilines is 2. The molecule has 0 bridgehead atoms. The number of hydrogen-bond acceptors (Lipinski definition) is 6. The zero-order valence-corrected chi connectivity index (χ0v) is 14.4. The van der Waals surface area contributed by atoms with Gasteiger partial charge in [0.05, 0.1) is 40.8 Å². The molecule has 0 unspecified atom stereocenters. The van der Waals surface area contributed by atoms with Crippen molar-refractivity contribution in [1.82, 2.24) is 9.97 Å². The summed E-state index contributed by atoms with van der Waals surface area (Å²) < 4.78 is 5.09. The summed E-state index contributed by atoms with van der Waals surface area (Å²) in [6.07, 6.45) is 4.70. The molecular formula is C19H18N4O3. The van der Waals surface area contributed by atoms with E-state index in [0.717, 1.165) is 5.56 Å². The standard InChI is InChI=1S/C19H18N4O3/c1-3-26-19(25)12-7-11(2)16-14(8-12)17(15(10-22-16)18(20)24)23-13-5-4-6-21-9-13/h4-10H,3H2,1-2H3,(H2,20,24)(H,22,23). The molecule has 132 valence electrons. The molecule has 0 aliphatic rings. The van der Waals surface area contributed by atoms with Crippen LogP contribution in [-0.2, 0) is 4.74 Å². The molecule has 0 spiro atoms. The third kappa shape index (κ3) is 3.32. The molecule has 2 aromatic heterocycles. The lowest BCUT2D eigenvalue weighted by Crippen LogP contribution is -2.14. The van der Waals surface area contributed by atoms with E-state index in [0.29, 0.717) is 27.8 Å². The highest BCUT2D eigenvalue weighted by atomic mass is 16.5. The largest absolute Gasteiger partial charge is 0.462 e. The molecule has 3 aromatic rings. The SMILES string of the molecule is CCOC(=O)c1cc(C)c2ncc(C(N)=O)c(Nc3cccnc3)c2c1. The van der Waals surface area contributed by atoms with Crippen LogP contribution in [0, 0.1) is 6.92 Å². The van der Waals surface area contributed by atoms with E-state index < -0.39 is 11.9 Å². The normalized spacial score (nSPS) is 10.5. The molecule has 3 rings (SSSR count). The topological polar surface area (TPSA) is 107 Å². The van der Waals surface area contributed by atoms with Crippen LogP contribution in [0.15, 0.2) is 42.9 Å². The van der Waals surface area contributed by atoms with E-state index in [2.05, 4.69) is 15.3 Å². The summed E-state index contributed by atoms with van der Waals surface area (Å²) in [6.45, 7) is 3.86. The first-order valence-corrected chi connectivity index (χ1v) is 8.08. The highest BCUT2D eigenvalue weighted by Crippen LogP contribution is 2.31. The van der Waals surface area contributed by atoms with Crippen LogP contribution < -0.4 is 11.1 Å². The Balaban J connectivity index is 2.24. The zero-order valence-electron chi connectivity index (χ0n) is 14.4. The first-order valence-electron chi connectivity index (χ1n) is 8.08. The number of pyridine rings is 2. The Morgan fingerprint density at radius 3 is 2.73 bits per heavy atom. The number of nitrogens with two attached hydrogens (primary N) is 1. The maximum Gasteiger partial charge on any atom is 0.338 e. The lowest BCUT2D eigenvalue weighted by atomic mass is 10.0. The molecule has 2 heterocycles. The van der Waals surface area contributed by atoms with Gasteiger partial charge in [-0.3, -0.25) is 14.8 Å². The molecule has 0 aliphatic heterocycles. The number of aromatic nitrogens is 2. The van der Waals surface area contributed by atoms with Crippen molar-refractivity contribution in [3.8, 4) is 0 Å². The van der Waals surface area contributed by atoms with E-state index in [4.69, 9.17) is 10.5 Å². The van der Waals surface area contributed by atoms with Crippen LogP contribution in [0.25, 0.3) is 10.9 Å². The van der Waals surface area contributed by atoms with Crippen molar-refractivity contribution >= 4 is 34.2 Å². The number of carbonyl (C=O) groups excluding carboxylic acids is 2. The van der Waals surface area contributed by atoms with Crippen molar-refractivity contribution in [1.29, 1.82) is 0 Å². The van der Waals surface area contributed by atoms with E-state index in [1.807, 2.05) is 13.0 Å². The second kappa shape index (κ2) is 7.18. The Hall–Kier alpha value is -3.48. The van der Waals surface area contributed by atoms with Crippen LogP contribution in [0.1, 0.15) is 33.2 Å². The number of esters is 1. The number of carbonyl (C=O) groups is 2. The van der Waals surface area contributed by atoms with E-state index in [9.17, 15) is 9.59 Å². The summed E-state index contributed by atoms with van der Waals surface area (Å²) in [4.78, 5) is 32.5. The zero-order chi connectivity index (χ0) is 18.7. The van der Waals surface area contributed by atoms with Crippen LogP contribution in [0.4, 0.5) is 11.4 Å². The minimum absolute atomic E-state index is 0.224. The van der Waals surface area contributed by atoms with Gasteiger partial charge in [-0.25, -0.2) is 4.79 Å². The highest BCUT2D eigenvalue weighted by Gasteiger charge is 2.18. The molecule has 0 fully saturated rings. The molecule has 0 aliphatic carbocycles. The fourth-order valence-corrected chi connectivity index (χ4v) is 2.72. The van der Waals surface area contributed by atoms with Gasteiger partial charge in [0.1, 0.15) is 0 Å². The summed E-state index contributed by atoms with van der Waals surface area (Å²) in [6, 6.07) is 6.95. The van der Waals surface area contributed by atoms with Crippen LogP contribution in [-0.4, -0.2) is 28.5 Å². The van der Waals surface area contributed by atoms with Crippen molar-refractivity contribution in [3.05, 3.63) is 59.5 Å². The lowest BCUT2D eigenvalue weighted by molar-refractivity contribution is 0.0526. The number of aryl methyl sites for hydroxylation is 1. The average Bonchev–Trinajstić information content (AvgIpc) is 2.63. The number of benzene rings is 1. The van der Waals surface area contributed by atoms with Crippen molar-refractivity contribution < 1.29 is 14.3 Å². The smallest absolute Gasteiger partial charge is 0.338 e. The third-order valence-electron chi connectivity index (χ3n) is 3.87. The van der Waals surface area contributed by atoms with Gasteiger partial charge < -0.3 is 15.8 Å². The molecule has 0 atom stereocenters. The van der Waals surface area contributed by atoms with E-state index in [1.54, 1.807) is 37.5 Å². The molecule has 0 radical (unpaired) electrons. The number of primary amides is 1. The monoisotopic (exact) mass is 350 g/mol. The summed E-state index contributed by atoms with van der Waals surface area (Å²) in [5.41, 5.74) is 8.73. The molecule has 1 amide bonds. The highest BCUT2D eigenvalue weighted by molar-refractivity contribution is 6.09. The van der Waals surface area contributed by atoms with Gasteiger partial charge in [-0.15, -0.1) is 0 Å². The number of ether oxygens (including phenoxy) is 1. The number of amides is 1. The predicted molar refractivity (Wildman–Crippen MR) is 98.5 cm³/mol. The van der Waals surface area contributed by atoms with E-state index in [-0.39, 0.29) is 12.2 Å². The van der Waals surface area contributed by atoms with Gasteiger partial charge in [0, 0.05) is 17.8 Å². The Kier molecular flexibility index (Phi) is 4.79. The van der Waals surface area contributed by atoms with Crippen LogP contribution >= 0.6 is 0 Å². The summed E-state index contributed by atoms with van der Waals surface area (Å²) in [7, 11) is 0. The Morgan fingerprint density at radius 2 is 2.08 bits per heavy atom. The maximum atomic E-state index is 12.2. The molecule has 0 saturated heterocycles. The van der Waals surface area contributed by atoms with Gasteiger partial charge in [0.2, 0.25) is 0 Å². The Bertz CT molecular complexity index is 987. The lowest BCUT2D eigenvalue weighted by Gasteiger charge is -2.15. The second-order valence-electron chi connectivity index (χ2n) is 5.69. The number of fused-ring (bicyclic) bond motifs is 1. The molecule has 1 aromatic carbocycles. The molecule has 3 N–H and O–H groups in total. The van der Waals surface area contributed by atoms with Gasteiger partial charge in [-0.2, -0.15) is 0 Å². The summed E-state index contributed by atoms with van der Waals surface area (Å²) in [5, 5.41) is 3.77. The van der Waals surface area contributed by atoms with Crippen LogP contribution in [0.5, 0.6) is 0 Å². The third-order valence-corrected chi connectivity index (χ3v) is 3.87. The molecule has 0 saturated carbocycles. The van der Waals surface area contributed by atoms with E-state index in [1.165, 1.54) is 6.20 Å². The van der Waals surface area contributed by atoms with Crippen LogP contribution in [0.2, 0.25) is 0 Å². The summed E-state index contributed by atoms with van der Waals surface area (Å²) >= 11 is 0. The fourth-order valence-electron chi connectivity index (χ4n) is 2.72. The first-order chi connectivity index (χ1) is 12.5. The quantitative estimate of drug-likeness (QED) is 0.685. The molecule has 7 nitrogen and oxygen atoms in total. The maximum absolute atomic E-state index is 12.2. The summed E-state index contributed by atoms with van der Waals surface area (Å²) in [5.74, 6) is -1.06. The number of hydrogen-bond donors (Lipinski definition) is 2. The molecule has 26 heavy (non-hydrogen) atoms. The molecule has 7 heteroatoms. The minimum Gasteiger partial charge on any atom is -0.462 e. The Morgan fingerprint density at radius 1 is 1.27 bits per heavy atom. The fraction of sp³-hybridized carbons (Fsp3) is 0.158. The second-order valence-corrected chi connectivity index (χ2v) is 5.69. The average molecular weight is 350 g/mol. The first kappa shape index (κ1) is 17.3. The van der Waals surface area contributed by atoms with E-state index >= 15 is 0 Å². The molecular weight excluding hydrogens is 332 g/mol. The van der Waals surface area contributed by atoms with Crippen molar-refractivity contribution in [2.45, 2.75) is 13.8 Å². The number of rotatable bonds is 5. The van der Waals surface area contributed by atoms with Gasteiger partial charge in [0.25, 0.3) is 5.91 Å². The van der Waals surface area contributed by atoms with Crippen molar-refractivity contribution in [3.63, 3.8) is 0 Å². The van der Waals surface area contributed by atoms with Gasteiger partial charge in [-0.05, 0) is 43.7 Å². The number of nitrogens with one attached hydrogen (secondary N) is 1. The minimum atomic E-state index is -0.620. The van der Waals surface area contributed by atoms with Crippen molar-refractivity contribution in [2.75, 3.05) is 11.9 Å². The Labute approximate surface area is 150 Å². The van der Waals surface area contributed by atoms with Crippen molar-refractivity contribution in [2.24, 2.45) is 5.73 Å². The predicted octanol–water partition coefficient (Wildman–Crippen LogP) is 2.96. The van der Waals surface area contributed by atoms with Gasteiger partial charge >= 0.3 is 5.97 Å². The number of nitrogens with zero attached hydrogens (tertiary/aromatic N) is 2.